The number of rotatable bonds is 3. The molecular formula is C19H29BN2O4S. The van der Waals surface area contributed by atoms with Gasteiger partial charge in [-0.15, -0.1) is 0 Å². The first-order chi connectivity index (χ1) is 12.2. The van der Waals surface area contributed by atoms with E-state index in [0.717, 1.165) is 10.8 Å². The van der Waals surface area contributed by atoms with Gasteiger partial charge in [0, 0.05) is 29.6 Å². The predicted octanol–water partition coefficient (Wildman–Crippen LogP) is 2.76. The summed E-state index contributed by atoms with van der Waals surface area (Å²) in [6.45, 7) is 13.5. The second kappa shape index (κ2) is 6.07. The summed E-state index contributed by atoms with van der Waals surface area (Å²) in [5, 5.41) is 0.807. The Morgan fingerprint density at radius 1 is 1.04 bits per heavy atom. The van der Waals surface area contributed by atoms with E-state index in [0.29, 0.717) is 5.52 Å². The van der Waals surface area contributed by atoms with Crippen LogP contribution in [0.15, 0.2) is 30.5 Å². The van der Waals surface area contributed by atoms with Crippen LogP contribution < -0.4 is 5.46 Å². The topological polar surface area (TPSA) is 60.8 Å². The van der Waals surface area contributed by atoms with Crippen LogP contribution in [0.1, 0.15) is 48.5 Å². The molecule has 0 bridgehead atoms. The van der Waals surface area contributed by atoms with Crippen molar-refractivity contribution in [1.29, 1.82) is 0 Å². The van der Waals surface area contributed by atoms with Gasteiger partial charge in [0.25, 0.3) is 0 Å². The molecule has 1 aliphatic heterocycles. The van der Waals surface area contributed by atoms with Crippen molar-refractivity contribution in [2.75, 3.05) is 7.05 Å². The lowest BCUT2D eigenvalue weighted by atomic mass is 9.79. The Balaban J connectivity index is 2.17. The number of para-hydroxylation sites is 1. The standard InChI is InChI=1S/C19H29BN2O4S/c1-17(2,3)21(8)27(23,24)22-13-15(14-11-9-10-12-16(14)22)20-25-18(4,5)19(6,7)26-20/h9-13H,1-8H3. The van der Waals surface area contributed by atoms with Crippen LogP contribution in [0, 0.1) is 0 Å². The lowest BCUT2D eigenvalue weighted by Gasteiger charge is -2.32. The molecule has 0 aliphatic carbocycles. The smallest absolute Gasteiger partial charge is 0.399 e. The minimum Gasteiger partial charge on any atom is -0.399 e. The van der Waals surface area contributed by atoms with Crippen LogP contribution in [0.4, 0.5) is 0 Å². The van der Waals surface area contributed by atoms with Crippen LogP contribution in [0.5, 0.6) is 0 Å². The molecule has 2 heterocycles. The van der Waals surface area contributed by atoms with Crippen LogP contribution in [0.3, 0.4) is 0 Å². The third-order valence-corrected chi connectivity index (χ3v) is 7.79. The molecule has 0 unspecified atom stereocenters. The number of benzene rings is 1. The first kappa shape index (κ1) is 20.4. The van der Waals surface area contributed by atoms with Gasteiger partial charge in [0.15, 0.2) is 0 Å². The van der Waals surface area contributed by atoms with Gasteiger partial charge in [0.05, 0.1) is 16.7 Å². The van der Waals surface area contributed by atoms with E-state index in [4.69, 9.17) is 9.31 Å². The van der Waals surface area contributed by atoms with Gasteiger partial charge in [-0.1, -0.05) is 18.2 Å². The summed E-state index contributed by atoms with van der Waals surface area (Å²) >= 11 is 0. The maximum absolute atomic E-state index is 13.3. The molecule has 0 spiro atoms. The van der Waals surface area contributed by atoms with E-state index >= 15 is 0 Å². The highest BCUT2D eigenvalue weighted by atomic mass is 32.2. The van der Waals surface area contributed by atoms with Crippen LogP contribution in [-0.2, 0) is 19.5 Å². The summed E-state index contributed by atoms with van der Waals surface area (Å²) in [4.78, 5) is 0. The molecule has 27 heavy (non-hydrogen) atoms. The van der Waals surface area contributed by atoms with Crippen molar-refractivity contribution in [3.8, 4) is 0 Å². The van der Waals surface area contributed by atoms with Gasteiger partial charge in [-0.25, -0.2) is 3.97 Å². The Morgan fingerprint density at radius 2 is 1.56 bits per heavy atom. The van der Waals surface area contributed by atoms with Gasteiger partial charge in [0.2, 0.25) is 0 Å². The summed E-state index contributed by atoms with van der Waals surface area (Å²) in [7, 11) is -2.78. The lowest BCUT2D eigenvalue weighted by Crippen LogP contribution is -2.45. The highest BCUT2D eigenvalue weighted by Crippen LogP contribution is 2.37. The fraction of sp³-hybridized carbons (Fsp3) is 0.579. The van der Waals surface area contributed by atoms with Crippen molar-refractivity contribution >= 4 is 33.7 Å². The summed E-state index contributed by atoms with van der Waals surface area (Å²) < 4.78 is 41.6. The van der Waals surface area contributed by atoms with Gasteiger partial charge in [-0.3, -0.25) is 0 Å². The molecule has 1 saturated heterocycles. The highest BCUT2D eigenvalue weighted by molar-refractivity contribution is 7.87. The highest BCUT2D eigenvalue weighted by Gasteiger charge is 2.52. The Hall–Kier alpha value is -1.35. The first-order valence-corrected chi connectivity index (χ1v) is 10.5. The molecule has 2 aromatic rings. The Bertz CT molecular complexity index is 957. The van der Waals surface area contributed by atoms with Crippen LogP contribution >= 0.6 is 0 Å². The Labute approximate surface area is 162 Å². The lowest BCUT2D eigenvalue weighted by molar-refractivity contribution is 0.00578. The van der Waals surface area contributed by atoms with E-state index in [-0.39, 0.29) is 0 Å². The minimum absolute atomic E-state index is 0.498. The molecule has 3 rings (SSSR count). The van der Waals surface area contributed by atoms with Crippen molar-refractivity contribution in [1.82, 2.24) is 8.28 Å². The van der Waals surface area contributed by atoms with Gasteiger partial charge < -0.3 is 9.31 Å². The maximum Gasteiger partial charge on any atom is 0.497 e. The normalized spacial score (nSPS) is 20.0. The van der Waals surface area contributed by atoms with Gasteiger partial charge >= 0.3 is 17.3 Å². The molecule has 0 radical (unpaired) electrons. The third-order valence-electron chi connectivity index (χ3n) is 5.76. The molecule has 6 nitrogen and oxygen atoms in total. The summed E-state index contributed by atoms with van der Waals surface area (Å²) in [5.74, 6) is 0. The molecule has 0 saturated carbocycles. The van der Waals surface area contributed by atoms with E-state index in [1.807, 2.05) is 66.7 Å². The quantitative estimate of drug-likeness (QED) is 0.754. The zero-order valence-electron chi connectivity index (χ0n) is 17.4. The molecule has 0 amide bonds. The van der Waals surface area contributed by atoms with Crippen LogP contribution in [-0.4, -0.2) is 47.6 Å². The molecule has 1 aromatic carbocycles. The van der Waals surface area contributed by atoms with Gasteiger partial charge in [0.1, 0.15) is 0 Å². The van der Waals surface area contributed by atoms with Crippen molar-refractivity contribution in [2.45, 2.75) is 65.2 Å². The number of nitrogens with zero attached hydrogens (tertiary/aromatic N) is 2. The number of hydrogen-bond acceptors (Lipinski definition) is 4. The second-order valence-electron chi connectivity index (χ2n) is 9.13. The number of fused-ring (bicyclic) bond motifs is 1. The van der Waals surface area contributed by atoms with Crippen molar-refractivity contribution in [3.63, 3.8) is 0 Å². The fourth-order valence-corrected chi connectivity index (χ4v) is 4.61. The largest absolute Gasteiger partial charge is 0.497 e. The zero-order chi connectivity index (χ0) is 20.4. The summed E-state index contributed by atoms with van der Waals surface area (Å²) in [6, 6.07) is 7.43. The molecule has 1 aromatic heterocycles. The number of hydrogen-bond donors (Lipinski definition) is 0. The van der Waals surface area contributed by atoms with Crippen LogP contribution in [0.25, 0.3) is 10.9 Å². The van der Waals surface area contributed by atoms with E-state index in [9.17, 15) is 8.42 Å². The van der Waals surface area contributed by atoms with Gasteiger partial charge in [-0.2, -0.15) is 12.7 Å². The Kier molecular flexibility index (Phi) is 4.59. The van der Waals surface area contributed by atoms with Crippen LogP contribution in [0.2, 0.25) is 0 Å². The summed E-state index contributed by atoms with van der Waals surface area (Å²) in [5.41, 5.74) is -0.216. The molecular weight excluding hydrogens is 363 g/mol. The number of aromatic nitrogens is 1. The molecule has 8 heteroatoms. The predicted molar refractivity (Wildman–Crippen MR) is 109 cm³/mol. The molecule has 0 atom stereocenters. The molecule has 148 valence electrons. The maximum atomic E-state index is 13.3. The van der Waals surface area contributed by atoms with Crippen molar-refractivity contribution < 1.29 is 17.7 Å². The van der Waals surface area contributed by atoms with Gasteiger partial charge in [-0.05, 0) is 54.5 Å². The third kappa shape index (κ3) is 3.22. The second-order valence-corrected chi connectivity index (χ2v) is 11.0. The van der Waals surface area contributed by atoms with E-state index in [2.05, 4.69) is 0 Å². The zero-order valence-corrected chi connectivity index (χ0v) is 18.2. The molecule has 1 aliphatic rings. The summed E-state index contributed by atoms with van der Waals surface area (Å²) in [6.07, 6.45) is 1.63. The SMILES string of the molecule is CN(C(C)(C)C)S(=O)(=O)n1cc(B2OC(C)(C)C(C)(C)O2)c2ccccc21. The van der Waals surface area contributed by atoms with Crippen molar-refractivity contribution in [2.24, 2.45) is 0 Å². The van der Waals surface area contributed by atoms with E-state index < -0.39 is 34.1 Å². The first-order valence-electron chi connectivity index (χ1n) is 9.14. The monoisotopic (exact) mass is 392 g/mol. The van der Waals surface area contributed by atoms with Crippen molar-refractivity contribution in [3.05, 3.63) is 30.5 Å². The minimum atomic E-state index is -3.75. The molecule has 1 fully saturated rings. The average molecular weight is 392 g/mol. The molecule has 0 N–H and O–H groups in total. The van der Waals surface area contributed by atoms with E-state index in [1.54, 1.807) is 19.3 Å². The van der Waals surface area contributed by atoms with E-state index in [1.165, 1.54) is 8.28 Å². The average Bonchev–Trinajstić information content (AvgIpc) is 3.01. The fourth-order valence-electron chi connectivity index (χ4n) is 3.00. The Morgan fingerprint density at radius 3 is 2.07 bits per heavy atom.